The number of halogens is 1. The Balaban J connectivity index is 1.58. The van der Waals surface area contributed by atoms with Gasteiger partial charge in [-0.05, 0) is 61.2 Å². The van der Waals surface area contributed by atoms with Crippen LogP contribution in [0.3, 0.4) is 0 Å². The fourth-order valence-corrected chi connectivity index (χ4v) is 4.70. The smallest absolute Gasteiger partial charge is 0.267 e. The fourth-order valence-electron chi connectivity index (χ4n) is 4.45. The summed E-state index contributed by atoms with van der Waals surface area (Å²) in [6.07, 6.45) is 3.50. The molecule has 0 spiro atoms. The molecule has 1 saturated carbocycles. The van der Waals surface area contributed by atoms with Gasteiger partial charge < -0.3 is 5.32 Å². The molecular weight excluding hydrogens is 460 g/mol. The highest BCUT2D eigenvalue weighted by atomic mass is 35.5. The Labute approximate surface area is 205 Å². The van der Waals surface area contributed by atoms with Crippen LogP contribution in [0, 0.1) is 17.2 Å². The van der Waals surface area contributed by atoms with Gasteiger partial charge in [-0.15, -0.1) is 0 Å². The number of nitrogens with zero attached hydrogens (tertiary/aromatic N) is 5. The summed E-state index contributed by atoms with van der Waals surface area (Å²) in [7, 11) is 0. The first-order valence-corrected chi connectivity index (χ1v) is 11.7. The molecule has 5 aromatic rings. The zero-order chi connectivity index (χ0) is 23.9. The van der Waals surface area contributed by atoms with Crippen molar-refractivity contribution in [3.05, 3.63) is 99.8 Å². The lowest BCUT2D eigenvalue weighted by atomic mass is 10.1. The van der Waals surface area contributed by atoms with E-state index in [1.165, 1.54) is 6.33 Å². The van der Waals surface area contributed by atoms with Crippen molar-refractivity contribution in [2.75, 3.05) is 5.32 Å². The van der Waals surface area contributed by atoms with Crippen LogP contribution >= 0.6 is 11.6 Å². The monoisotopic (exact) mass is 478 g/mol. The maximum absolute atomic E-state index is 13.8. The Bertz CT molecular complexity index is 1690. The van der Waals surface area contributed by atoms with E-state index in [1.54, 1.807) is 28.8 Å². The largest absolute Gasteiger partial charge is 0.359 e. The maximum Gasteiger partial charge on any atom is 0.267 e. The highest BCUT2D eigenvalue weighted by Gasteiger charge is 2.36. The summed E-state index contributed by atoms with van der Waals surface area (Å²) >= 11 is 6.44. The Morgan fingerprint density at radius 2 is 1.86 bits per heavy atom. The fraction of sp³-hybridized carbons (Fsp3) is 0.148. The molecule has 1 fully saturated rings. The van der Waals surface area contributed by atoms with E-state index in [2.05, 4.69) is 21.4 Å². The minimum atomic E-state index is -0.282. The number of nitriles is 1. The molecular formula is C27H19ClN6O. The summed E-state index contributed by atoms with van der Waals surface area (Å²) in [5.74, 6) is 1.48. The Hall–Kier alpha value is -4.28. The van der Waals surface area contributed by atoms with Crippen molar-refractivity contribution in [3.8, 4) is 11.8 Å². The number of aromatic nitrogens is 4. The van der Waals surface area contributed by atoms with Crippen molar-refractivity contribution in [2.45, 2.75) is 18.9 Å². The van der Waals surface area contributed by atoms with Crippen molar-refractivity contribution < 1.29 is 0 Å². The van der Waals surface area contributed by atoms with E-state index in [-0.39, 0.29) is 17.5 Å². The van der Waals surface area contributed by atoms with Crippen LogP contribution in [0.25, 0.3) is 27.5 Å². The Morgan fingerprint density at radius 1 is 1.03 bits per heavy atom. The van der Waals surface area contributed by atoms with Crippen LogP contribution in [-0.4, -0.2) is 19.5 Å². The molecule has 2 aromatic heterocycles. The topological polar surface area (TPSA) is 96.5 Å². The van der Waals surface area contributed by atoms with Gasteiger partial charge in [0.1, 0.15) is 18.0 Å². The molecule has 7 nitrogen and oxygen atoms in total. The highest BCUT2D eigenvalue weighted by molar-refractivity contribution is 6.35. The van der Waals surface area contributed by atoms with Gasteiger partial charge in [-0.25, -0.2) is 15.0 Å². The van der Waals surface area contributed by atoms with Gasteiger partial charge in [-0.2, -0.15) is 5.26 Å². The summed E-state index contributed by atoms with van der Waals surface area (Å²) in [5.41, 5.74) is 2.31. The lowest BCUT2D eigenvalue weighted by molar-refractivity contribution is 0.610. The molecule has 0 amide bonds. The van der Waals surface area contributed by atoms with Crippen LogP contribution in [-0.2, 0) is 0 Å². The molecule has 0 aliphatic heterocycles. The molecule has 0 bridgehead atoms. The van der Waals surface area contributed by atoms with Crippen LogP contribution in [0.1, 0.15) is 30.3 Å². The number of fused-ring (bicyclic) bond motifs is 2. The van der Waals surface area contributed by atoms with Crippen LogP contribution < -0.4 is 10.9 Å². The highest BCUT2D eigenvalue weighted by Crippen LogP contribution is 2.43. The Kier molecular flexibility index (Phi) is 5.16. The maximum atomic E-state index is 13.8. The van der Waals surface area contributed by atoms with Crippen molar-refractivity contribution in [1.82, 2.24) is 19.5 Å². The molecule has 1 aliphatic carbocycles. The van der Waals surface area contributed by atoms with E-state index in [9.17, 15) is 10.1 Å². The average molecular weight is 479 g/mol. The molecule has 3 aromatic carbocycles. The summed E-state index contributed by atoms with van der Waals surface area (Å²) < 4.78 is 1.65. The molecule has 0 unspecified atom stereocenters. The van der Waals surface area contributed by atoms with E-state index < -0.39 is 0 Å². The molecule has 2 heterocycles. The van der Waals surface area contributed by atoms with Crippen molar-refractivity contribution >= 4 is 39.2 Å². The van der Waals surface area contributed by atoms with Gasteiger partial charge in [0, 0.05) is 5.39 Å². The van der Waals surface area contributed by atoms with Crippen LogP contribution in [0.2, 0.25) is 5.02 Å². The van der Waals surface area contributed by atoms with Gasteiger partial charge >= 0.3 is 0 Å². The number of nitrogens with one attached hydrogen (secondary N) is 1. The molecule has 8 heteroatoms. The summed E-state index contributed by atoms with van der Waals surface area (Å²) in [4.78, 5) is 27.6. The van der Waals surface area contributed by atoms with Crippen molar-refractivity contribution in [2.24, 2.45) is 5.92 Å². The van der Waals surface area contributed by atoms with E-state index in [0.717, 1.165) is 23.7 Å². The number of para-hydroxylation sites is 1. The normalized spacial score (nSPS) is 14.1. The number of benzene rings is 3. The molecule has 1 aliphatic rings. The van der Waals surface area contributed by atoms with Crippen molar-refractivity contribution in [1.29, 1.82) is 5.26 Å². The van der Waals surface area contributed by atoms with E-state index in [0.29, 0.717) is 38.8 Å². The minimum absolute atomic E-state index is 0.214. The first-order chi connectivity index (χ1) is 17.1. The van der Waals surface area contributed by atoms with Crippen LogP contribution in [0.4, 0.5) is 5.82 Å². The van der Waals surface area contributed by atoms with E-state index >= 15 is 0 Å². The molecule has 1 atom stereocenters. The van der Waals surface area contributed by atoms with E-state index in [1.807, 2.05) is 42.5 Å². The Morgan fingerprint density at radius 3 is 2.63 bits per heavy atom. The zero-order valence-corrected chi connectivity index (χ0v) is 19.3. The predicted molar refractivity (Wildman–Crippen MR) is 136 cm³/mol. The number of rotatable bonds is 5. The van der Waals surface area contributed by atoms with Crippen LogP contribution in [0.15, 0.2) is 77.9 Å². The van der Waals surface area contributed by atoms with Gasteiger partial charge in [-0.3, -0.25) is 9.36 Å². The van der Waals surface area contributed by atoms with Gasteiger partial charge in [0.25, 0.3) is 5.56 Å². The lowest BCUT2D eigenvalue weighted by Gasteiger charge is -2.23. The van der Waals surface area contributed by atoms with Crippen LogP contribution in [0.5, 0.6) is 0 Å². The summed E-state index contributed by atoms with van der Waals surface area (Å²) in [6.45, 7) is 0. The third-order valence-electron chi connectivity index (χ3n) is 6.32. The first kappa shape index (κ1) is 21.3. The van der Waals surface area contributed by atoms with E-state index in [4.69, 9.17) is 16.6 Å². The molecule has 35 heavy (non-hydrogen) atoms. The summed E-state index contributed by atoms with van der Waals surface area (Å²) in [6, 6.07) is 22.0. The molecule has 170 valence electrons. The third-order valence-corrected chi connectivity index (χ3v) is 6.63. The first-order valence-electron chi connectivity index (χ1n) is 11.3. The quantitative estimate of drug-likeness (QED) is 0.362. The predicted octanol–water partition coefficient (Wildman–Crippen LogP) is 5.42. The second-order valence-electron chi connectivity index (χ2n) is 8.61. The molecule has 0 saturated heterocycles. The minimum Gasteiger partial charge on any atom is -0.359 e. The lowest BCUT2D eigenvalue weighted by Crippen LogP contribution is -2.29. The third kappa shape index (κ3) is 3.78. The molecule has 0 radical (unpaired) electrons. The molecule has 1 N–H and O–H groups in total. The van der Waals surface area contributed by atoms with Gasteiger partial charge in [0.15, 0.2) is 0 Å². The zero-order valence-electron chi connectivity index (χ0n) is 18.5. The number of hydrogen-bond acceptors (Lipinski definition) is 6. The second-order valence-corrected chi connectivity index (χ2v) is 9.01. The van der Waals surface area contributed by atoms with Gasteiger partial charge in [0.05, 0.1) is 44.8 Å². The van der Waals surface area contributed by atoms with Gasteiger partial charge in [-0.1, -0.05) is 35.9 Å². The average Bonchev–Trinajstić information content (AvgIpc) is 3.73. The standard InChI is InChI=1S/C27H19ClN6O/c28-20-7-4-8-22-23(20)27(35)34(18-5-2-1-3-6-18)26(32-22)24(17-10-11-17)33-25-19-13-16(14-29)9-12-21(19)30-15-31-25/h1-9,12-13,15,17,24H,10-11H2,(H,30,31,33)/t24-/m0/s1. The SMILES string of the molecule is N#Cc1ccc2ncnc(N[C@H](c3nc4cccc(Cl)c4c(=O)n3-c3ccccc3)C3CC3)c2c1. The summed E-state index contributed by atoms with van der Waals surface area (Å²) in [5, 5.41) is 14.5. The number of anilines is 1. The van der Waals surface area contributed by atoms with Gasteiger partial charge in [0.2, 0.25) is 0 Å². The number of hydrogen-bond donors (Lipinski definition) is 1. The molecule has 6 rings (SSSR count). The second kappa shape index (κ2) is 8.49. The van der Waals surface area contributed by atoms with Crippen molar-refractivity contribution in [3.63, 3.8) is 0 Å².